The fraction of sp³-hybridized carbons (Fsp3) is 0.455. The molecule has 1 aliphatic heterocycles. The van der Waals surface area contributed by atoms with E-state index < -0.39 is 0 Å². The Bertz CT molecular complexity index is 355. The van der Waals surface area contributed by atoms with Crippen molar-refractivity contribution in [3.63, 3.8) is 0 Å². The summed E-state index contributed by atoms with van der Waals surface area (Å²) in [6.45, 7) is 1.95. The molecule has 0 aromatic heterocycles. The van der Waals surface area contributed by atoms with Gasteiger partial charge in [-0.25, -0.2) is 0 Å². The molecule has 0 radical (unpaired) electrons. The van der Waals surface area contributed by atoms with Crippen LogP contribution < -0.4 is 15.2 Å². The molecule has 1 heterocycles. The van der Waals surface area contributed by atoms with Gasteiger partial charge in [0.05, 0.1) is 4.47 Å². The Labute approximate surface area is 97.7 Å². The molecule has 1 aromatic rings. The number of fused-ring (bicyclic) bond motifs is 1. The van der Waals surface area contributed by atoms with Gasteiger partial charge in [0.1, 0.15) is 13.2 Å². The zero-order chi connectivity index (χ0) is 10.7. The predicted octanol–water partition coefficient (Wildman–Crippen LogP) is 2.11. The summed E-state index contributed by atoms with van der Waals surface area (Å²) in [5.41, 5.74) is 6.72. The number of rotatable bonds is 3. The fourth-order valence-electron chi connectivity index (χ4n) is 1.61. The van der Waals surface area contributed by atoms with Gasteiger partial charge in [0.2, 0.25) is 0 Å². The van der Waals surface area contributed by atoms with Gasteiger partial charge in [0.15, 0.2) is 11.5 Å². The average Bonchev–Trinajstić information content (AvgIpc) is 2.29. The summed E-state index contributed by atoms with van der Waals surface area (Å²) in [6.07, 6.45) is 1.95. The van der Waals surface area contributed by atoms with Gasteiger partial charge in [0, 0.05) is 0 Å². The fourth-order valence-corrected chi connectivity index (χ4v) is 2.25. The largest absolute Gasteiger partial charge is 0.486 e. The molecule has 2 N–H and O–H groups in total. The Balaban J connectivity index is 2.26. The molecule has 4 heteroatoms. The standard InChI is InChI=1S/C11H14BrNO2/c12-10-8(2-1-5-13)3-4-9-11(10)15-7-6-14-9/h3-4H,1-2,5-7,13H2. The van der Waals surface area contributed by atoms with Gasteiger partial charge in [-0.3, -0.25) is 0 Å². The second-order valence-corrected chi connectivity index (χ2v) is 4.25. The first-order valence-electron chi connectivity index (χ1n) is 5.10. The van der Waals surface area contributed by atoms with Gasteiger partial charge in [-0.2, -0.15) is 0 Å². The van der Waals surface area contributed by atoms with Gasteiger partial charge >= 0.3 is 0 Å². The van der Waals surface area contributed by atoms with Gasteiger partial charge in [-0.05, 0) is 46.9 Å². The molecule has 82 valence electrons. The molecule has 0 saturated heterocycles. The van der Waals surface area contributed by atoms with Crippen molar-refractivity contribution in [3.8, 4) is 11.5 Å². The van der Waals surface area contributed by atoms with Crippen molar-refractivity contribution >= 4 is 15.9 Å². The first kappa shape index (κ1) is 10.8. The molecular weight excluding hydrogens is 258 g/mol. The van der Waals surface area contributed by atoms with E-state index in [0.717, 1.165) is 28.8 Å². The van der Waals surface area contributed by atoms with E-state index >= 15 is 0 Å². The number of halogens is 1. The Morgan fingerprint density at radius 1 is 1.27 bits per heavy atom. The quantitative estimate of drug-likeness (QED) is 0.916. The molecule has 0 amide bonds. The third-order valence-corrected chi connectivity index (χ3v) is 3.25. The summed E-state index contributed by atoms with van der Waals surface area (Å²) >= 11 is 3.55. The maximum absolute atomic E-state index is 5.57. The minimum absolute atomic E-state index is 0.617. The SMILES string of the molecule is NCCCc1ccc2c(c1Br)OCCO2. The molecule has 15 heavy (non-hydrogen) atoms. The first-order chi connectivity index (χ1) is 7.33. The number of hydrogen-bond acceptors (Lipinski definition) is 3. The van der Waals surface area contributed by atoms with E-state index in [-0.39, 0.29) is 0 Å². The van der Waals surface area contributed by atoms with Crippen molar-refractivity contribution in [1.82, 2.24) is 0 Å². The number of aryl methyl sites for hydroxylation is 1. The highest BCUT2D eigenvalue weighted by atomic mass is 79.9. The van der Waals surface area contributed by atoms with Gasteiger partial charge in [-0.15, -0.1) is 0 Å². The monoisotopic (exact) mass is 271 g/mol. The van der Waals surface area contributed by atoms with Gasteiger partial charge < -0.3 is 15.2 Å². The van der Waals surface area contributed by atoms with Crippen LogP contribution in [0.5, 0.6) is 11.5 Å². The third-order valence-electron chi connectivity index (χ3n) is 2.38. The molecular formula is C11H14BrNO2. The maximum Gasteiger partial charge on any atom is 0.175 e. The van der Waals surface area contributed by atoms with E-state index in [4.69, 9.17) is 15.2 Å². The average molecular weight is 272 g/mol. The smallest absolute Gasteiger partial charge is 0.175 e. The highest BCUT2D eigenvalue weighted by molar-refractivity contribution is 9.10. The molecule has 1 aliphatic rings. The van der Waals surface area contributed by atoms with Crippen molar-refractivity contribution in [1.29, 1.82) is 0 Å². The van der Waals surface area contributed by atoms with E-state index in [0.29, 0.717) is 19.8 Å². The molecule has 0 bridgehead atoms. The molecule has 0 unspecified atom stereocenters. The summed E-state index contributed by atoms with van der Waals surface area (Å²) in [7, 11) is 0. The lowest BCUT2D eigenvalue weighted by Crippen LogP contribution is -2.16. The lowest BCUT2D eigenvalue weighted by molar-refractivity contribution is 0.170. The lowest BCUT2D eigenvalue weighted by Gasteiger charge is -2.20. The highest BCUT2D eigenvalue weighted by Crippen LogP contribution is 2.39. The molecule has 0 fully saturated rings. The summed E-state index contributed by atoms with van der Waals surface area (Å²) in [6, 6.07) is 4.03. The van der Waals surface area contributed by atoms with E-state index in [9.17, 15) is 0 Å². The minimum Gasteiger partial charge on any atom is -0.486 e. The Morgan fingerprint density at radius 2 is 2.07 bits per heavy atom. The van der Waals surface area contributed by atoms with E-state index in [1.807, 2.05) is 6.07 Å². The van der Waals surface area contributed by atoms with Crippen LogP contribution in [0.3, 0.4) is 0 Å². The molecule has 1 aromatic carbocycles. The zero-order valence-electron chi connectivity index (χ0n) is 8.46. The van der Waals surface area contributed by atoms with Crippen molar-refractivity contribution in [2.75, 3.05) is 19.8 Å². The van der Waals surface area contributed by atoms with Crippen LogP contribution in [0.2, 0.25) is 0 Å². The normalized spacial score (nSPS) is 14.0. The topological polar surface area (TPSA) is 44.5 Å². The minimum atomic E-state index is 0.617. The third kappa shape index (κ3) is 2.26. The summed E-state index contributed by atoms with van der Waals surface area (Å²) in [5.74, 6) is 1.65. The van der Waals surface area contributed by atoms with Crippen LogP contribution in [0.15, 0.2) is 16.6 Å². The second kappa shape index (κ2) is 4.86. The van der Waals surface area contributed by atoms with Crippen molar-refractivity contribution < 1.29 is 9.47 Å². The van der Waals surface area contributed by atoms with Crippen molar-refractivity contribution in [2.45, 2.75) is 12.8 Å². The van der Waals surface area contributed by atoms with Crippen molar-refractivity contribution in [2.24, 2.45) is 5.73 Å². The van der Waals surface area contributed by atoms with Crippen molar-refractivity contribution in [3.05, 3.63) is 22.2 Å². The first-order valence-corrected chi connectivity index (χ1v) is 5.89. The lowest BCUT2D eigenvalue weighted by atomic mass is 10.1. The maximum atomic E-state index is 5.57. The molecule has 0 saturated carbocycles. The number of hydrogen-bond donors (Lipinski definition) is 1. The van der Waals surface area contributed by atoms with Gasteiger partial charge in [0.25, 0.3) is 0 Å². The number of ether oxygens (including phenoxy) is 2. The molecule has 0 atom stereocenters. The predicted molar refractivity (Wildman–Crippen MR) is 62.5 cm³/mol. The van der Waals surface area contributed by atoms with E-state index in [2.05, 4.69) is 22.0 Å². The van der Waals surface area contributed by atoms with Crippen LogP contribution in [-0.4, -0.2) is 19.8 Å². The zero-order valence-corrected chi connectivity index (χ0v) is 10.0. The van der Waals surface area contributed by atoms with Crippen LogP contribution in [0.1, 0.15) is 12.0 Å². The molecule has 0 spiro atoms. The summed E-state index contributed by atoms with van der Waals surface area (Å²) in [5, 5.41) is 0. The molecule has 3 nitrogen and oxygen atoms in total. The number of nitrogens with two attached hydrogens (primary N) is 1. The Kier molecular flexibility index (Phi) is 3.49. The second-order valence-electron chi connectivity index (χ2n) is 3.46. The molecule has 0 aliphatic carbocycles. The summed E-state index contributed by atoms with van der Waals surface area (Å²) < 4.78 is 12.1. The van der Waals surface area contributed by atoms with Gasteiger partial charge in [-0.1, -0.05) is 6.07 Å². The Morgan fingerprint density at radius 3 is 2.87 bits per heavy atom. The van der Waals surface area contributed by atoms with E-state index in [1.54, 1.807) is 0 Å². The number of benzene rings is 1. The Hall–Kier alpha value is -0.740. The van der Waals surface area contributed by atoms with Crippen LogP contribution in [0, 0.1) is 0 Å². The van der Waals surface area contributed by atoms with Crippen LogP contribution in [-0.2, 0) is 6.42 Å². The molecule has 2 rings (SSSR count). The van der Waals surface area contributed by atoms with Crippen LogP contribution >= 0.6 is 15.9 Å². The van der Waals surface area contributed by atoms with Crippen LogP contribution in [0.4, 0.5) is 0 Å². The van der Waals surface area contributed by atoms with E-state index in [1.165, 1.54) is 5.56 Å². The summed E-state index contributed by atoms with van der Waals surface area (Å²) in [4.78, 5) is 0. The van der Waals surface area contributed by atoms with Crippen LogP contribution in [0.25, 0.3) is 0 Å². The highest BCUT2D eigenvalue weighted by Gasteiger charge is 2.17.